The largest absolute Gasteiger partial charge is 0.398 e. The summed E-state index contributed by atoms with van der Waals surface area (Å²) in [4.78, 5) is 4.48. The van der Waals surface area contributed by atoms with Crippen LogP contribution in [0.4, 0.5) is 5.69 Å². The molecule has 0 fully saturated rings. The number of fused-ring (bicyclic) bond motifs is 1. The minimum absolute atomic E-state index is 0.195. The van der Waals surface area contributed by atoms with Gasteiger partial charge in [-0.05, 0) is 30.3 Å². The summed E-state index contributed by atoms with van der Waals surface area (Å²) in [5.41, 5.74) is 9.11. The van der Waals surface area contributed by atoms with E-state index >= 15 is 0 Å². The van der Waals surface area contributed by atoms with Gasteiger partial charge < -0.3 is 5.73 Å². The number of imidazole rings is 1. The Labute approximate surface area is 121 Å². The minimum atomic E-state index is 0.195. The molecule has 0 radical (unpaired) electrons. The van der Waals surface area contributed by atoms with Crippen LogP contribution in [0.2, 0.25) is 0 Å². The van der Waals surface area contributed by atoms with Gasteiger partial charge in [-0.1, -0.05) is 12.1 Å². The molecule has 0 bridgehead atoms. The van der Waals surface area contributed by atoms with Crippen LogP contribution in [-0.4, -0.2) is 9.55 Å². The number of hydrogen-bond donors (Lipinski definition) is 1. The summed E-state index contributed by atoms with van der Waals surface area (Å²) < 4.78 is 1.89. The average Bonchev–Trinajstić information content (AvgIpc) is 2.86. The first-order chi connectivity index (χ1) is 10.2. The van der Waals surface area contributed by atoms with Crippen molar-refractivity contribution in [1.82, 2.24) is 9.55 Å². The van der Waals surface area contributed by atoms with Crippen molar-refractivity contribution in [2.75, 3.05) is 5.73 Å². The van der Waals surface area contributed by atoms with Crippen LogP contribution >= 0.6 is 0 Å². The molecule has 0 amide bonds. The van der Waals surface area contributed by atoms with Gasteiger partial charge in [-0.3, -0.25) is 4.57 Å². The van der Waals surface area contributed by atoms with Gasteiger partial charge in [0.25, 0.3) is 0 Å². The lowest BCUT2D eigenvalue weighted by molar-refractivity contribution is 0.954. The van der Waals surface area contributed by atoms with Crippen LogP contribution in [0, 0.1) is 22.7 Å². The third-order valence-corrected chi connectivity index (χ3v) is 3.28. The van der Waals surface area contributed by atoms with E-state index in [1.165, 1.54) is 0 Å². The second-order valence-electron chi connectivity index (χ2n) is 4.57. The van der Waals surface area contributed by atoms with Gasteiger partial charge in [-0.2, -0.15) is 10.5 Å². The van der Waals surface area contributed by atoms with Crippen molar-refractivity contribution in [2.45, 2.75) is 6.42 Å². The van der Waals surface area contributed by atoms with Crippen molar-refractivity contribution < 1.29 is 0 Å². The van der Waals surface area contributed by atoms with Crippen LogP contribution < -0.4 is 5.73 Å². The maximum atomic E-state index is 9.12. The maximum absolute atomic E-state index is 9.12. The molecule has 0 saturated carbocycles. The van der Waals surface area contributed by atoms with Crippen molar-refractivity contribution in [1.29, 1.82) is 10.5 Å². The Morgan fingerprint density at radius 1 is 1.14 bits per heavy atom. The topological polar surface area (TPSA) is 91.4 Å². The molecule has 0 aliphatic heterocycles. The number of nitrogen functional groups attached to an aromatic ring is 1. The molecular weight excluding hydrogens is 262 g/mol. The van der Waals surface area contributed by atoms with E-state index in [0.29, 0.717) is 17.1 Å². The van der Waals surface area contributed by atoms with Crippen molar-refractivity contribution in [3.05, 3.63) is 53.9 Å². The van der Waals surface area contributed by atoms with Crippen LogP contribution in [-0.2, 0) is 6.42 Å². The van der Waals surface area contributed by atoms with Crippen LogP contribution in [0.1, 0.15) is 11.4 Å². The molecule has 5 nitrogen and oxygen atoms in total. The minimum Gasteiger partial charge on any atom is -0.398 e. The molecule has 3 rings (SSSR count). The van der Waals surface area contributed by atoms with Crippen LogP contribution in [0.25, 0.3) is 16.7 Å². The summed E-state index contributed by atoms with van der Waals surface area (Å²) in [5.74, 6) is 0.646. The van der Waals surface area contributed by atoms with Gasteiger partial charge in [-0.25, -0.2) is 4.98 Å². The van der Waals surface area contributed by atoms with Gasteiger partial charge in [0, 0.05) is 11.4 Å². The summed E-state index contributed by atoms with van der Waals surface area (Å²) in [6, 6.07) is 17.1. The molecule has 1 aromatic heterocycles. The Hall–Kier alpha value is -3.31. The number of hydrogen-bond acceptors (Lipinski definition) is 4. The van der Waals surface area contributed by atoms with E-state index in [-0.39, 0.29) is 6.42 Å². The quantitative estimate of drug-likeness (QED) is 0.726. The zero-order valence-electron chi connectivity index (χ0n) is 11.1. The number of nitrogens with two attached hydrogens (primary N) is 1. The Bertz CT molecular complexity index is 909. The Morgan fingerprint density at radius 3 is 2.71 bits per heavy atom. The molecular formula is C16H11N5. The third kappa shape index (κ3) is 2.07. The highest BCUT2D eigenvalue weighted by atomic mass is 15.1. The second-order valence-corrected chi connectivity index (χ2v) is 4.57. The summed E-state index contributed by atoms with van der Waals surface area (Å²) in [6.45, 7) is 0. The summed E-state index contributed by atoms with van der Waals surface area (Å²) in [6.07, 6.45) is 0.195. The molecule has 0 spiro atoms. The highest BCUT2D eigenvalue weighted by molar-refractivity contribution is 5.78. The van der Waals surface area contributed by atoms with E-state index in [1.54, 1.807) is 12.1 Å². The van der Waals surface area contributed by atoms with Crippen LogP contribution in [0.3, 0.4) is 0 Å². The molecule has 21 heavy (non-hydrogen) atoms. The molecule has 2 aromatic carbocycles. The highest BCUT2D eigenvalue weighted by Crippen LogP contribution is 2.24. The zero-order valence-corrected chi connectivity index (χ0v) is 11.1. The third-order valence-electron chi connectivity index (χ3n) is 3.28. The number of anilines is 1. The van der Waals surface area contributed by atoms with E-state index in [2.05, 4.69) is 17.1 Å². The van der Waals surface area contributed by atoms with Gasteiger partial charge in [0.15, 0.2) is 0 Å². The van der Waals surface area contributed by atoms with Gasteiger partial charge in [0.05, 0.1) is 29.1 Å². The lowest BCUT2D eigenvalue weighted by atomic mass is 10.1. The van der Waals surface area contributed by atoms with Gasteiger partial charge in [0.1, 0.15) is 11.9 Å². The van der Waals surface area contributed by atoms with E-state index in [9.17, 15) is 0 Å². The Morgan fingerprint density at radius 2 is 1.95 bits per heavy atom. The number of aromatic nitrogens is 2. The van der Waals surface area contributed by atoms with E-state index in [0.717, 1.165) is 16.7 Å². The molecule has 1 heterocycles. The van der Waals surface area contributed by atoms with Gasteiger partial charge >= 0.3 is 0 Å². The molecule has 5 heteroatoms. The van der Waals surface area contributed by atoms with Gasteiger partial charge in [-0.15, -0.1) is 0 Å². The average molecular weight is 273 g/mol. The number of para-hydroxylation sites is 2. The molecule has 0 saturated heterocycles. The molecule has 0 aliphatic rings. The number of nitriles is 2. The fourth-order valence-electron chi connectivity index (χ4n) is 2.33. The van der Waals surface area contributed by atoms with E-state index in [4.69, 9.17) is 16.3 Å². The number of rotatable bonds is 2. The first-order valence-corrected chi connectivity index (χ1v) is 6.38. The first-order valence-electron chi connectivity index (χ1n) is 6.38. The maximum Gasteiger partial charge on any atom is 0.128 e. The standard InChI is InChI=1S/C16H11N5/c17-8-7-16-20-14-3-1-2-4-15(14)21(16)12-5-6-13(19)11(9-12)10-18/h1-6,9H,7,19H2. The van der Waals surface area contributed by atoms with Crippen LogP contribution in [0.15, 0.2) is 42.5 Å². The van der Waals surface area contributed by atoms with E-state index < -0.39 is 0 Å². The summed E-state index contributed by atoms with van der Waals surface area (Å²) in [5, 5.41) is 18.1. The Balaban J connectivity index is 2.31. The molecule has 0 aliphatic carbocycles. The predicted octanol–water partition coefficient (Wildman–Crippen LogP) is 2.55. The monoisotopic (exact) mass is 273 g/mol. The van der Waals surface area contributed by atoms with Crippen molar-refractivity contribution in [2.24, 2.45) is 0 Å². The molecule has 0 unspecified atom stereocenters. The van der Waals surface area contributed by atoms with Gasteiger partial charge in [0.2, 0.25) is 0 Å². The highest BCUT2D eigenvalue weighted by Gasteiger charge is 2.12. The first kappa shape index (κ1) is 12.7. The summed E-state index contributed by atoms with van der Waals surface area (Å²) in [7, 11) is 0. The lowest BCUT2D eigenvalue weighted by Gasteiger charge is -2.09. The predicted molar refractivity (Wildman–Crippen MR) is 79.5 cm³/mol. The fraction of sp³-hybridized carbons (Fsp3) is 0.0625. The SMILES string of the molecule is N#CCc1nc2ccccc2n1-c1ccc(N)c(C#N)c1. The zero-order chi connectivity index (χ0) is 14.8. The Kier molecular flexibility index (Phi) is 3.02. The molecule has 2 N–H and O–H groups in total. The fourth-order valence-corrected chi connectivity index (χ4v) is 2.33. The molecule has 100 valence electrons. The van der Waals surface area contributed by atoms with Crippen molar-refractivity contribution in [3.8, 4) is 17.8 Å². The molecule has 3 aromatic rings. The number of benzene rings is 2. The lowest BCUT2D eigenvalue weighted by Crippen LogP contribution is -2.02. The normalized spacial score (nSPS) is 10.2. The van der Waals surface area contributed by atoms with Crippen molar-refractivity contribution in [3.63, 3.8) is 0 Å². The van der Waals surface area contributed by atoms with Crippen molar-refractivity contribution >= 4 is 16.7 Å². The number of nitrogens with zero attached hydrogens (tertiary/aromatic N) is 4. The van der Waals surface area contributed by atoms with E-state index in [1.807, 2.05) is 34.9 Å². The summed E-state index contributed by atoms with van der Waals surface area (Å²) >= 11 is 0. The second kappa shape index (κ2) is 4.99. The molecule has 0 atom stereocenters. The van der Waals surface area contributed by atoms with Crippen LogP contribution in [0.5, 0.6) is 0 Å². The smallest absolute Gasteiger partial charge is 0.128 e.